The zero-order valence-electron chi connectivity index (χ0n) is 18.2. The first-order chi connectivity index (χ1) is 15.9. The van der Waals surface area contributed by atoms with Crippen LogP contribution in [0.2, 0.25) is 0 Å². The number of hydrogen-bond donors (Lipinski definition) is 3. The number of nitrogens with two attached hydrogens (primary N) is 1. The summed E-state index contributed by atoms with van der Waals surface area (Å²) in [6.07, 6.45) is 1.54. The topological polar surface area (TPSA) is 111 Å². The Morgan fingerprint density at radius 3 is 2.82 bits per heavy atom. The minimum absolute atomic E-state index is 0.0113. The maximum atomic E-state index is 11.1. The number of aryl methyl sites for hydroxylation is 2. The molecule has 7 nitrogen and oxygen atoms in total. The molecule has 0 radical (unpaired) electrons. The van der Waals surface area contributed by atoms with Crippen molar-refractivity contribution in [2.24, 2.45) is 7.05 Å². The highest BCUT2D eigenvalue weighted by atomic mass is 16.5. The maximum Gasteiger partial charge on any atom is 0.303 e. The second-order valence-electron chi connectivity index (χ2n) is 8.50. The lowest BCUT2D eigenvalue weighted by molar-refractivity contribution is -0.136. The summed E-state index contributed by atoms with van der Waals surface area (Å²) < 4.78 is 8.18. The molecule has 0 saturated carbocycles. The average molecular weight is 444 g/mol. The molecule has 0 spiro atoms. The molecule has 1 aromatic heterocycles. The molecule has 1 aliphatic rings. The van der Waals surface area contributed by atoms with Gasteiger partial charge in [-0.15, -0.1) is 0 Å². The van der Waals surface area contributed by atoms with Crippen LogP contribution in [-0.2, 0) is 24.7 Å². The summed E-state index contributed by atoms with van der Waals surface area (Å²) in [6.45, 7) is 0. The smallest absolute Gasteiger partial charge is 0.303 e. The van der Waals surface area contributed by atoms with E-state index in [1.165, 1.54) is 0 Å². The van der Waals surface area contributed by atoms with Gasteiger partial charge in [0.05, 0.1) is 17.4 Å². The highest BCUT2D eigenvalue weighted by molar-refractivity contribution is 5.87. The van der Waals surface area contributed by atoms with E-state index < -0.39 is 18.2 Å². The number of aliphatic hydroxyl groups is 1. The van der Waals surface area contributed by atoms with Gasteiger partial charge in [0.15, 0.2) is 5.75 Å². The molecule has 2 atom stereocenters. The molecule has 0 amide bonds. The first-order valence-electron chi connectivity index (χ1n) is 10.9. The lowest BCUT2D eigenvalue weighted by Crippen LogP contribution is -2.22. The van der Waals surface area contributed by atoms with Gasteiger partial charge >= 0.3 is 5.97 Å². The predicted molar refractivity (Wildman–Crippen MR) is 126 cm³/mol. The van der Waals surface area contributed by atoms with Crippen LogP contribution in [0.4, 0.5) is 5.69 Å². The predicted octanol–water partition coefficient (Wildman–Crippen LogP) is 3.88. The Morgan fingerprint density at radius 1 is 1.21 bits per heavy atom. The fraction of sp³-hybridized carbons (Fsp3) is 0.231. The summed E-state index contributed by atoms with van der Waals surface area (Å²) in [5.41, 5.74) is 12.3. The van der Waals surface area contributed by atoms with Gasteiger partial charge in [0.25, 0.3) is 0 Å². The van der Waals surface area contributed by atoms with E-state index in [0.717, 1.165) is 38.7 Å². The van der Waals surface area contributed by atoms with Crippen molar-refractivity contribution < 1.29 is 19.7 Å². The van der Waals surface area contributed by atoms with Crippen LogP contribution in [0, 0.1) is 0 Å². The third kappa shape index (κ3) is 3.91. The molecule has 5 rings (SSSR count). The van der Waals surface area contributed by atoms with E-state index in [0.29, 0.717) is 24.3 Å². The SMILES string of the molecule is Cn1ncc2cc(-c3cc(CCC(=O)O)cc(N)c3OC3Cc4ccccc4C3O)ccc21. The molecule has 4 N–H and O–H groups in total. The number of carboxylic acid groups (broad SMARTS) is 1. The Balaban J connectivity index is 1.56. The largest absolute Gasteiger partial charge is 0.484 e. The first-order valence-corrected chi connectivity index (χ1v) is 10.9. The summed E-state index contributed by atoms with van der Waals surface area (Å²) in [5.74, 6) is -0.367. The number of aliphatic hydroxyl groups excluding tert-OH is 1. The van der Waals surface area contributed by atoms with Gasteiger partial charge in [-0.3, -0.25) is 9.48 Å². The van der Waals surface area contributed by atoms with E-state index >= 15 is 0 Å². The fourth-order valence-electron chi connectivity index (χ4n) is 4.58. The van der Waals surface area contributed by atoms with Crippen molar-refractivity contribution in [2.45, 2.75) is 31.5 Å². The third-order valence-corrected chi connectivity index (χ3v) is 6.28. The number of nitrogen functional groups attached to an aromatic ring is 1. The molecule has 168 valence electrons. The van der Waals surface area contributed by atoms with Crippen molar-refractivity contribution >= 4 is 22.6 Å². The molecule has 1 aliphatic carbocycles. The maximum absolute atomic E-state index is 11.1. The number of anilines is 1. The highest BCUT2D eigenvalue weighted by Gasteiger charge is 2.33. The minimum Gasteiger partial charge on any atom is -0.484 e. The zero-order valence-corrected chi connectivity index (χ0v) is 18.2. The second kappa shape index (κ2) is 8.26. The highest BCUT2D eigenvalue weighted by Crippen LogP contribution is 2.42. The second-order valence-corrected chi connectivity index (χ2v) is 8.50. The Hall–Kier alpha value is -3.84. The molecular formula is C26H25N3O4. The Labute approximate surface area is 191 Å². The molecule has 7 heteroatoms. The fourth-order valence-corrected chi connectivity index (χ4v) is 4.58. The van der Waals surface area contributed by atoms with E-state index in [1.807, 2.05) is 55.6 Å². The van der Waals surface area contributed by atoms with E-state index in [2.05, 4.69) is 5.10 Å². The van der Waals surface area contributed by atoms with Gasteiger partial charge in [0.2, 0.25) is 0 Å². The van der Waals surface area contributed by atoms with Crippen LogP contribution in [0.25, 0.3) is 22.0 Å². The van der Waals surface area contributed by atoms with Gasteiger partial charge in [0.1, 0.15) is 12.2 Å². The Bertz CT molecular complexity index is 1360. The van der Waals surface area contributed by atoms with E-state index in [9.17, 15) is 9.90 Å². The summed E-state index contributed by atoms with van der Waals surface area (Å²) >= 11 is 0. The monoisotopic (exact) mass is 443 g/mol. The molecule has 4 aromatic rings. The van der Waals surface area contributed by atoms with E-state index in [4.69, 9.17) is 15.6 Å². The number of rotatable bonds is 6. The quantitative estimate of drug-likeness (QED) is 0.390. The van der Waals surface area contributed by atoms with Crippen molar-refractivity contribution in [2.75, 3.05) is 5.73 Å². The Kier molecular flexibility index (Phi) is 5.26. The molecule has 0 aliphatic heterocycles. The van der Waals surface area contributed by atoms with Gasteiger partial charge in [-0.2, -0.15) is 5.10 Å². The Morgan fingerprint density at radius 2 is 2.03 bits per heavy atom. The standard InChI is InChI=1S/C26H25N3O4/c1-29-22-8-7-17(12-18(22)14-28-29)20-10-15(6-9-24(30)31)11-21(27)26(20)33-23-13-16-4-2-3-5-19(16)25(23)32/h2-5,7-8,10-12,14,23,25,32H,6,9,13,27H2,1H3,(H,30,31). The molecule has 0 bridgehead atoms. The zero-order chi connectivity index (χ0) is 23.1. The van der Waals surface area contributed by atoms with Gasteiger partial charge < -0.3 is 20.7 Å². The number of aromatic nitrogens is 2. The number of ether oxygens (including phenoxy) is 1. The van der Waals surface area contributed by atoms with Crippen LogP contribution in [0.15, 0.2) is 60.8 Å². The summed E-state index contributed by atoms with van der Waals surface area (Å²) in [5, 5.41) is 25.3. The summed E-state index contributed by atoms with van der Waals surface area (Å²) in [4.78, 5) is 11.1. The van der Waals surface area contributed by atoms with Crippen molar-refractivity contribution in [1.82, 2.24) is 9.78 Å². The third-order valence-electron chi connectivity index (χ3n) is 6.28. The van der Waals surface area contributed by atoms with Crippen LogP contribution in [0.1, 0.15) is 29.2 Å². The lowest BCUT2D eigenvalue weighted by atomic mass is 9.97. The molecular weight excluding hydrogens is 418 g/mol. The summed E-state index contributed by atoms with van der Waals surface area (Å²) in [7, 11) is 1.89. The van der Waals surface area contributed by atoms with E-state index in [1.54, 1.807) is 16.9 Å². The van der Waals surface area contributed by atoms with Gasteiger partial charge in [-0.1, -0.05) is 30.3 Å². The number of aliphatic carboxylic acids is 1. The molecule has 3 aromatic carbocycles. The number of carbonyl (C=O) groups is 1. The number of carboxylic acids is 1. The van der Waals surface area contributed by atoms with Gasteiger partial charge in [0, 0.05) is 30.8 Å². The molecule has 2 unspecified atom stereocenters. The van der Waals surface area contributed by atoms with Crippen LogP contribution >= 0.6 is 0 Å². The van der Waals surface area contributed by atoms with Crippen molar-refractivity contribution in [1.29, 1.82) is 0 Å². The number of nitrogens with zero attached hydrogens (tertiary/aromatic N) is 2. The molecule has 1 heterocycles. The van der Waals surface area contributed by atoms with E-state index in [-0.39, 0.29) is 6.42 Å². The minimum atomic E-state index is -0.862. The first kappa shape index (κ1) is 21.0. The van der Waals surface area contributed by atoms with Crippen LogP contribution in [0.5, 0.6) is 5.75 Å². The number of benzene rings is 3. The lowest BCUT2D eigenvalue weighted by Gasteiger charge is -2.22. The summed E-state index contributed by atoms with van der Waals surface area (Å²) in [6, 6.07) is 17.5. The molecule has 0 fully saturated rings. The average Bonchev–Trinajstić information content (AvgIpc) is 3.33. The molecule has 33 heavy (non-hydrogen) atoms. The van der Waals surface area contributed by atoms with Crippen LogP contribution in [0.3, 0.4) is 0 Å². The normalized spacial score (nSPS) is 17.3. The number of hydrogen-bond acceptors (Lipinski definition) is 5. The molecule has 0 saturated heterocycles. The van der Waals surface area contributed by atoms with Crippen molar-refractivity contribution in [3.63, 3.8) is 0 Å². The van der Waals surface area contributed by atoms with Gasteiger partial charge in [-0.05, 0) is 52.9 Å². The van der Waals surface area contributed by atoms with Crippen LogP contribution < -0.4 is 10.5 Å². The van der Waals surface area contributed by atoms with Crippen molar-refractivity contribution in [3.8, 4) is 16.9 Å². The van der Waals surface area contributed by atoms with Gasteiger partial charge in [-0.25, -0.2) is 0 Å². The number of fused-ring (bicyclic) bond motifs is 2. The van der Waals surface area contributed by atoms with Crippen molar-refractivity contribution in [3.05, 3.63) is 77.5 Å². The van der Waals surface area contributed by atoms with Crippen LogP contribution in [-0.4, -0.2) is 32.1 Å².